The molecular formula is C20H24ClN3OS2. The second-order valence-corrected chi connectivity index (χ2v) is 8.34. The summed E-state index contributed by atoms with van der Waals surface area (Å²) in [6.45, 7) is 3.41. The van der Waals surface area contributed by atoms with Crippen molar-refractivity contribution in [1.29, 1.82) is 0 Å². The van der Waals surface area contributed by atoms with Crippen LogP contribution in [-0.2, 0) is 0 Å². The molecule has 27 heavy (non-hydrogen) atoms. The Hall–Kier alpha value is -1.60. The van der Waals surface area contributed by atoms with E-state index in [1.165, 1.54) is 4.90 Å². The van der Waals surface area contributed by atoms with Crippen molar-refractivity contribution in [1.82, 2.24) is 9.88 Å². The van der Waals surface area contributed by atoms with Crippen LogP contribution >= 0.6 is 35.5 Å². The van der Waals surface area contributed by atoms with Gasteiger partial charge >= 0.3 is 0 Å². The summed E-state index contributed by atoms with van der Waals surface area (Å²) in [6.07, 6.45) is 2.06. The molecular weight excluding hydrogens is 398 g/mol. The van der Waals surface area contributed by atoms with Gasteiger partial charge < -0.3 is 4.90 Å². The summed E-state index contributed by atoms with van der Waals surface area (Å²) >= 11 is 3.29. The first-order valence-electron chi connectivity index (χ1n) is 8.46. The highest BCUT2D eigenvalue weighted by Crippen LogP contribution is 2.32. The van der Waals surface area contributed by atoms with Crippen LogP contribution in [0.1, 0.15) is 15.9 Å². The van der Waals surface area contributed by atoms with Gasteiger partial charge in [-0.05, 0) is 57.6 Å². The van der Waals surface area contributed by atoms with Crippen LogP contribution in [0.5, 0.6) is 0 Å². The smallest absolute Gasteiger partial charge is 0.260 e. The van der Waals surface area contributed by atoms with Gasteiger partial charge in [-0.15, -0.1) is 24.2 Å². The predicted molar refractivity (Wildman–Crippen MR) is 120 cm³/mol. The fraction of sp³-hybridized carbons (Fsp3) is 0.300. The van der Waals surface area contributed by atoms with E-state index >= 15 is 0 Å². The minimum atomic E-state index is -0.00371. The van der Waals surface area contributed by atoms with Crippen LogP contribution in [0.2, 0.25) is 0 Å². The molecule has 0 atom stereocenters. The summed E-state index contributed by atoms with van der Waals surface area (Å²) in [5.74, 6) is -0.00371. The van der Waals surface area contributed by atoms with Gasteiger partial charge in [0.1, 0.15) is 0 Å². The fourth-order valence-electron chi connectivity index (χ4n) is 2.57. The number of halogens is 1. The number of carbonyl (C=O) groups excluding carboxylic acids is 1. The number of fused-ring (bicyclic) bond motifs is 1. The molecule has 0 saturated heterocycles. The first-order valence-corrected chi connectivity index (χ1v) is 10.5. The number of hydrogen-bond acceptors (Lipinski definition) is 5. The summed E-state index contributed by atoms with van der Waals surface area (Å²) < 4.78 is 1.11. The number of thiazole rings is 1. The molecule has 0 unspecified atom stereocenters. The lowest BCUT2D eigenvalue weighted by atomic mass is 10.1. The minimum absolute atomic E-state index is 0. The lowest BCUT2D eigenvalue weighted by Crippen LogP contribution is -2.36. The van der Waals surface area contributed by atoms with Crippen molar-refractivity contribution in [2.45, 2.75) is 11.8 Å². The average Bonchev–Trinajstić information content (AvgIpc) is 3.04. The standard InChI is InChI=1S/C20H23N3OS2.ClH/c1-14-5-7-15(8-6-14)19(24)23(12-11-22(2)3)20-21-17-10-9-16(25-4)13-18(17)26-20;/h5-10,13H,11-12H2,1-4H3;1H. The van der Waals surface area contributed by atoms with Crippen LogP contribution in [0.15, 0.2) is 47.4 Å². The van der Waals surface area contributed by atoms with E-state index < -0.39 is 0 Å². The summed E-state index contributed by atoms with van der Waals surface area (Å²) in [7, 11) is 4.02. The molecule has 1 heterocycles. The number of hydrogen-bond donors (Lipinski definition) is 0. The van der Waals surface area contributed by atoms with E-state index in [1.54, 1.807) is 28.0 Å². The fourth-order valence-corrected chi connectivity index (χ4v) is 4.11. The van der Waals surface area contributed by atoms with E-state index in [1.807, 2.05) is 51.4 Å². The lowest BCUT2D eigenvalue weighted by Gasteiger charge is -2.22. The maximum atomic E-state index is 13.1. The van der Waals surface area contributed by atoms with E-state index in [0.717, 1.165) is 27.5 Å². The van der Waals surface area contributed by atoms with Gasteiger partial charge in [0.15, 0.2) is 5.13 Å². The molecule has 0 saturated carbocycles. The Balaban J connectivity index is 0.00000261. The van der Waals surface area contributed by atoms with Gasteiger partial charge in [-0.2, -0.15) is 0 Å². The zero-order valence-electron chi connectivity index (χ0n) is 15.9. The zero-order valence-corrected chi connectivity index (χ0v) is 18.4. The Morgan fingerprint density at radius 3 is 2.44 bits per heavy atom. The molecule has 0 aliphatic rings. The molecule has 0 bridgehead atoms. The molecule has 4 nitrogen and oxygen atoms in total. The van der Waals surface area contributed by atoms with Crippen LogP contribution in [0, 0.1) is 6.92 Å². The summed E-state index contributed by atoms with van der Waals surface area (Å²) in [6, 6.07) is 14.0. The quantitative estimate of drug-likeness (QED) is 0.527. The number of aromatic nitrogens is 1. The van der Waals surface area contributed by atoms with Gasteiger partial charge in [0.05, 0.1) is 10.2 Å². The molecule has 1 amide bonds. The van der Waals surface area contributed by atoms with Crippen molar-refractivity contribution in [2.24, 2.45) is 0 Å². The molecule has 0 spiro atoms. The van der Waals surface area contributed by atoms with Crippen LogP contribution in [0.3, 0.4) is 0 Å². The van der Waals surface area contributed by atoms with Gasteiger partial charge in [-0.1, -0.05) is 29.0 Å². The highest BCUT2D eigenvalue weighted by molar-refractivity contribution is 7.98. The zero-order chi connectivity index (χ0) is 18.7. The van der Waals surface area contributed by atoms with Crippen molar-refractivity contribution in [2.75, 3.05) is 38.3 Å². The molecule has 3 rings (SSSR count). The number of carbonyl (C=O) groups is 1. The van der Waals surface area contributed by atoms with E-state index in [-0.39, 0.29) is 18.3 Å². The molecule has 7 heteroatoms. The van der Waals surface area contributed by atoms with Gasteiger partial charge in [-0.25, -0.2) is 4.98 Å². The molecule has 0 aliphatic carbocycles. The van der Waals surface area contributed by atoms with Gasteiger partial charge in [0.2, 0.25) is 0 Å². The molecule has 3 aromatic rings. The number of anilines is 1. The Morgan fingerprint density at radius 1 is 1.11 bits per heavy atom. The molecule has 144 valence electrons. The van der Waals surface area contributed by atoms with Crippen LogP contribution < -0.4 is 4.90 Å². The largest absolute Gasteiger partial charge is 0.308 e. The normalized spacial score (nSPS) is 10.9. The number of likely N-dealkylation sites (N-methyl/N-ethyl adjacent to an activating group) is 1. The van der Waals surface area contributed by atoms with E-state index in [4.69, 9.17) is 4.98 Å². The van der Waals surface area contributed by atoms with Crippen LogP contribution in [0.25, 0.3) is 10.2 Å². The monoisotopic (exact) mass is 421 g/mol. The van der Waals surface area contributed by atoms with Crippen molar-refractivity contribution in [3.8, 4) is 0 Å². The van der Waals surface area contributed by atoms with E-state index in [2.05, 4.69) is 23.3 Å². The van der Waals surface area contributed by atoms with E-state index in [0.29, 0.717) is 12.1 Å². The van der Waals surface area contributed by atoms with Crippen LogP contribution in [0.4, 0.5) is 5.13 Å². The minimum Gasteiger partial charge on any atom is -0.308 e. The third-order valence-electron chi connectivity index (χ3n) is 4.13. The van der Waals surface area contributed by atoms with Crippen molar-refractivity contribution >= 4 is 56.8 Å². The highest BCUT2D eigenvalue weighted by Gasteiger charge is 2.21. The molecule has 0 radical (unpaired) electrons. The number of amides is 1. The SMILES string of the molecule is CSc1ccc2nc(N(CCN(C)C)C(=O)c3ccc(C)cc3)sc2c1.Cl. The average molecular weight is 422 g/mol. The van der Waals surface area contributed by atoms with Crippen molar-refractivity contribution in [3.63, 3.8) is 0 Å². The number of nitrogens with zero attached hydrogens (tertiary/aromatic N) is 3. The summed E-state index contributed by atoms with van der Waals surface area (Å²) in [5.41, 5.74) is 2.78. The second kappa shape index (κ2) is 9.55. The summed E-state index contributed by atoms with van der Waals surface area (Å²) in [4.78, 5) is 22.9. The Bertz CT molecular complexity index is 909. The maximum absolute atomic E-state index is 13.1. The first-order chi connectivity index (χ1) is 12.5. The topological polar surface area (TPSA) is 36.4 Å². The molecule has 0 aliphatic heterocycles. The Labute approximate surface area is 175 Å². The van der Waals surface area contributed by atoms with Crippen molar-refractivity contribution < 1.29 is 4.79 Å². The van der Waals surface area contributed by atoms with Gasteiger partial charge in [0.25, 0.3) is 5.91 Å². The second-order valence-electron chi connectivity index (χ2n) is 6.46. The number of benzene rings is 2. The molecule has 2 aromatic carbocycles. The number of thioether (sulfide) groups is 1. The van der Waals surface area contributed by atoms with Crippen LogP contribution in [-0.4, -0.2) is 49.2 Å². The molecule has 1 aromatic heterocycles. The Morgan fingerprint density at radius 2 is 1.81 bits per heavy atom. The highest BCUT2D eigenvalue weighted by atomic mass is 35.5. The van der Waals surface area contributed by atoms with Gasteiger partial charge in [-0.3, -0.25) is 9.69 Å². The third-order valence-corrected chi connectivity index (χ3v) is 5.90. The van der Waals surface area contributed by atoms with Crippen molar-refractivity contribution in [3.05, 3.63) is 53.6 Å². The lowest BCUT2D eigenvalue weighted by molar-refractivity contribution is 0.0985. The summed E-state index contributed by atoms with van der Waals surface area (Å²) in [5, 5.41) is 0.755. The third kappa shape index (κ3) is 5.23. The molecule has 0 N–H and O–H groups in total. The van der Waals surface area contributed by atoms with E-state index in [9.17, 15) is 4.79 Å². The number of aryl methyl sites for hydroxylation is 1. The predicted octanol–water partition coefficient (Wildman–Crippen LogP) is 4.96. The van der Waals surface area contributed by atoms with Gasteiger partial charge in [0, 0.05) is 23.5 Å². The Kier molecular flexibility index (Phi) is 7.68. The molecule has 0 fully saturated rings. The maximum Gasteiger partial charge on any atom is 0.260 e. The number of rotatable bonds is 6. The first kappa shape index (κ1) is 21.7.